The molecular weight excluding hydrogens is 124 g/mol. The van der Waals surface area contributed by atoms with Gasteiger partial charge < -0.3 is 10.2 Å². The van der Waals surface area contributed by atoms with Gasteiger partial charge in [-0.25, -0.2) is 0 Å². The van der Waals surface area contributed by atoms with Gasteiger partial charge in [0.1, 0.15) is 0 Å². The first-order valence-electron chi connectivity index (χ1n) is 3.02. The van der Waals surface area contributed by atoms with Gasteiger partial charge in [-0.2, -0.15) is 0 Å². The second-order valence-corrected chi connectivity index (χ2v) is 1.63. The molecule has 1 atom stereocenters. The zero-order chi connectivity index (χ0) is 8.15. The summed E-state index contributed by atoms with van der Waals surface area (Å²) < 4.78 is 6.64. The molecule has 0 aromatic carbocycles. The highest BCUT2D eigenvalue weighted by Gasteiger charge is 2.13. The third-order valence-electron chi connectivity index (χ3n) is 0.770. The summed E-state index contributed by atoms with van der Waals surface area (Å²) in [6.07, 6.45) is -0.473. The first-order chi connectivity index (χ1) is 4.57. The monoisotopic (exact) mass is 134 g/mol. The fourth-order valence-electron chi connectivity index (χ4n) is 0.298. The number of carbonyl (C=O) groups is 2. The Kier molecular flexibility index (Phi) is 2.06. The minimum atomic E-state index is -1.22. The Bertz CT molecular complexity index is 145. The zero-order valence-electron chi connectivity index (χ0n) is 5.70. The average Bonchev–Trinajstić information content (AvgIpc) is 1.81. The van der Waals surface area contributed by atoms with Crippen molar-refractivity contribution in [2.24, 2.45) is 5.92 Å². The van der Waals surface area contributed by atoms with Gasteiger partial charge in [-0.1, -0.05) is 6.90 Å². The predicted octanol–water partition coefficient (Wildman–Crippen LogP) is 0.182. The van der Waals surface area contributed by atoms with Gasteiger partial charge in [-0.05, 0) is 0 Å². The van der Waals surface area contributed by atoms with Crippen LogP contribution < -0.4 is 0 Å². The molecule has 0 radical (unpaired) electrons. The van der Waals surface area contributed by atoms with Crippen molar-refractivity contribution in [3.8, 4) is 0 Å². The SMILES string of the molecule is [3H]CC(CC(=O)O)C(=O)O. The summed E-state index contributed by atoms with van der Waals surface area (Å²) in [5.74, 6) is -3.48. The first kappa shape index (κ1) is 6.07. The van der Waals surface area contributed by atoms with E-state index in [4.69, 9.17) is 11.6 Å². The van der Waals surface area contributed by atoms with Crippen molar-refractivity contribution in [2.45, 2.75) is 13.3 Å². The molecule has 1 unspecified atom stereocenters. The summed E-state index contributed by atoms with van der Waals surface area (Å²) in [4.78, 5) is 20.0. The molecule has 0 aromatic rings. The molecule has 0 aliphatic heterocycles. The van der Waals surface area contributed by atoms with Crippen molar-refractivity contribution in [3.63, 3.8) is 0 Å². The fraction of sp³-hybridized carbons (Fsp3) is 0.600. The predicted molar refractivity (Wildman–Crippen MR) is 29.1 cm³/mol. The van der Waals surface area contributed by atoms with Crippen LogP contribution >= 0.6 is 0 Å². The lowest BCUT2D eigenvalue weighted by Gasteiger charge is -1.98. The van der Waals surface area contributed by atoms with Crippen LogP contribution in [-0.2, 0) is 9.59 Å². The van der Waals surface area contributed by atoms with E-state index < -0.39 is 24.3 Å². The average molecular weight is 134 g/mol. The molecule has 52 valence electrons. The fourth-order valence-corrected chi connectivity index (χ4v) is 0.298. The van der Waals surface area contributed by atoms with E-state index in [1.807, 2.05) is 0 Å². The van der Waals surface area contributed by atoms with Crippen LogP contribution in [0.1, 0.15) is 14.7 Å². The quantitative estimate of drug-likeness (QED) is 0.577. The van der Waals surface area contributed by atoms with Gasteiger partial charge in [-0.3, -0.25) is 9.59 Å². The van der Waals surface area contributed by atoms with Crippen LogP contribution in [0.4, 0.5) is 0 Å². The molecule has 0 heterocycles. The van der Waals surface area contributed by atoms with Crippen molar-refractivity contribution in [1.29, 1.82) is 0 Å². The maximum absolute atomic E-state index is 10.1. The highest BCUT2D eigenvalue weighted by Crippen LogP contribution is 1.99. The Morgan fingerprint density at radius 3 is 2.33 bits per heavy atom. The summed E-state index contributed by atoms with van der Waals surface area (Å²) in [5, 5.41) is 16.4. The second kappa shape index (κ2) is 3.06. The maximum atomic E-state index is 10.1. The Labute approximate surface area is 53.5 Å². The third kappa shape index (κ3) is 3.52. The van der Waals surface area contributed by atoms with E-state index in [9.17, 15) is 9.59 Å². The number of hydrogen-bond donors (Lipinski definition) is 2. The molecular formula is C5H8O4. The molecule has 0 fully saturated rings. The standard InChI is InChI=1S/C5H8O4/c1-3(5(8)9)2-4(6)7/h3H,2H2,1H3,(H,6,7)(H,8,9)/i1T. The summed E-state index contributed by atoms with van der Waals surface area (Å²) in [6.45, 7) is -0.387. The summed E-state index contributed by atoms with van der Waals surface area (Å²) in [5.41, 5.74) is 0. The lowest BCUT2D eigenvalue weighted by molar-refractivity contribution is -0.147. The number of carboxylic acids is 2. The van der Waals surface area contributed by atoms with E-state index in [0.29, 0.717) is 0 Å². The Morgan fingerprint density at radius 1 is 1.67 bits per heavy atom. The van der Waals surface area contributed by atoms with Crippen molar-refractivity contribution in [2.75, 3.05) is 0 Å². The normalized spacial score (nSPS) is 14.0. The minimum absolute atomic E-state index is 0.387. The molecule has 4 nitrogen and oxygen atoms in total. The maximum Gasteiger partial charge on any atom is 0.306 e. The summed E-state index contributed by atoms with van der Waals surface area (Å²) in [7, 11) is 0. The van der Waals surface area contributed by atoms with Gasteiger partial charge in [0.2, 0.25) is 0 Å². The van der Waals surface area contributed by atoms with Crippen molar-refractivity contribution in [3.05, 3.63) is 0 Å². The van der Waals surface area contributed by atoms with Gasteiger partial charge in [0.05, 0.1) is 12.3 Å². The smallest absolute Gasteiger partial charge is 0.306 e. The van der Waals surface area contributed by atoms with E-state index in [1.165, 1.54) is 0 Å². The summed E-state index contributed by atoms with van der Waals surface area (Å²) in [6, 6.07) is 0. The topological polar surface area (TPSA) is 74.6 Å². The van der Waals surface area contributed by atoms with Gasteiger partial charge in [0.15, 0.2) is 0 Å². The Morgan fingerprint density at radius 2 is 2.22 bits per heavy atom. The van der Waals surface area contributed by atoms with Crippen molar-refractivity contribution >= 4 is 11.9 Å². The van der Waals surface area contributed by atoms with Gasteiger partial charge >= 0.3 is 11.9 Å². The summed E-state index contributed by atoms with van der Waals surface area (Å²) >= 11 is 0. The molecule has 0 aliphatic rings. The highest BCUT2D eigenvalue weighted by atomic mass is 16.4. The van der Waals surface area contributed by atoms with E-state index in [-0.39, 0.29) is 6.90 Å². The lowest BCUT2D eigenvalue weighted by atomic mass is 10.1. The first-order valence-corrected chi connectivity index (χ1v) is 2.31. The van der Waals surface area contributed by atoms with E-state index in [0.717, 1.165) is 0 Å². The van der Waals surface area contributed by atoms with Crippen LogP contribution in [0.15, 0.2) is 0 Å². The molecule has 0 aliphatic carbocycles. The molecule has 0 saturated carbocycles. The molecule has 0 saturated heterocycles. The van der Waals surface area contributed by atoms with Crippen LogP contribution in [0.25, 0.3) is 0 Å². The lowest BCUT2D eigenvalue weighted by Crippen LogP contribution is -2.13. The van der Waals surface area contributed by atoms with E-state index >= 15 is 0 Å². The van der Waals surface area contributed by atoms with Crippen LogP contribution in [0.5, 0.6) is 0 Å². The van der Waals surface area contributed by atoms with Crippen molar-refractivity contribution < 1.29 is 21.2 Å². The number of hydrogen-bond acceptors (Lipinski definition) is 2. The van der Waals surface area contributed by atoms with Gasteiger partial charge in [-0.15, -0.1) is 0 Å². The van der Waals surface area contributed by atoms with Gasteiger partial charge in [0, 0.05) is 1.37 Å². The van der Waals surface area contributed by atoms with Crippen LogP contribution in [-0.4, -0.2) is 22.2 Å². The van der Waals surface area contributed by atoms with Gasteiger partial charge in [0.25, 0.3) is 0 Å². The van der Waals surface area contributed by atoms with Crippen LogP contribution in [0.2, 0.25) is 0 Å². The Hall–Kier alpha value is -1.06. The zero-order valence-corrected chi connectivity index (χ0v) is 4.70. The van der Waals surface area contributed by atoms with Crippen molar-refractivity contribution in [1.82, 2.24) is 0 Å². The molecule has 2 N–H and O–H groups in total. The number of carboxylic acid groups (broad SMARTS) is 2. The molecule has 0 amide bonds. The molecule has 0 spiro atoms. The van der Waals surface area contributed by atoms with Crippen LogP contribution in [0.3, 0.4) is 0 Å². The second-order valence-electron chi connectivity index (χ2n) is 1.63. The number of rotatable bonds is 3. The van der Waals surface area contributed by atoms with E-state index in [2.05, 4.69) is 0 Å². The molecule has 9 heavy (non-hydrogen) atoms. The molecule has 0 aromatic heterocycles. The Balaban J connectivity index is 3.83. The number of aliphatic carboxylic acids is 2. The van der Waals surface area contributed by atoms with Crippen LogP contribution in [0, 0.1) is 5.92 Å². The molecule has 0 bridgehead atoms. The molecule has 0 rings (SSSR count). The minimum Gasteiger partial charge on any atom is -0.481 e. The largest absolute Gasteiger partial charge is 0.481 e. The highest BCUT2D eigenvalue weighted by molar-refractivity contribution is 5.77. The molecule has 4 heteroatoms. The third-order valence-corrected chi connectivity index (χ3v) is 0.770. The van der Waals surface area contributed by atoms with E-state index in [1.54, 1.807) is 0 Å².